The Kier molecular flexibility index (Phi) is 5.13. The molecule has 0 bridgehead atoms. The minimum atomic E-state index is -0.0722. The molecule has 1 saturated heterocycles. The zero-order valence-corrected chi connectivity index (χ0v) is 16.4. The van der Waals surface area contributed by atoms with E-state index in [1.54, 1.807) is 12.1 Å². The number of phenols is 1. The van der Waals surface area contributed by atoms with Crippen LogP contribution in [0.3, 0.4) is 0 Å². The number of nitrogens with one attached hydrogen (secondary N) is 1. The number of likely N-dealkylation sites (tertiary alicyclic amines) is 1. The summed E-state index contributed by atoms with van der Waals surface area (Å²) >= 11 is 0. The molecule has 2 aliphatic rings. The Balaban J connectivity index is 1.69. The Morgan fingerprint density at radius 2 is 2.04 bits per heavy atom. The van der Waals surface area contributed by atoms with E-state index in [0.717, 1.165) is 36.9 Å². The second-order valence-corrected chi connectivity index (χ2v) is 8.41. The molecular weight excluding hydrogens is 340 g/mol. The van der Waals surface area contributed by atoms with Gasteiger partial charge in [-0.1, -0.05) is 19.8 Å². The average Bonchev–Trinajstić information content (AvgIpc) is 3.24. The first-order valence-corrected chi connectivity index (χ1v) is 10.3. The van der Waals surface area contributed by atoms with Crippen LogP contribution in [0.15, 0.2) is 16.5 Å². The van der Waals surface area contributed by atoms with E-state index in [9.17, 15) is 9.90 Å². The molecule has 1 aromatic carbocycles. The lowest BCUT2D eigenvalue weighted by atomic mass is 9.98. The molecule has 0 radical (unpaired) electrons. The number of aryl methyl sites for hydroxylation is 1. The lowest BCUT2D eigenvalue weighted by Crippen LogP contribution is -2.34. The molecule has 146 valence electrons. The molecule has 1 amide bonds. The fourth-order valence-electron chi connectivity index (χ4n) is 4.78. The van der Waals surface area contributed by atoms with Crippen LogP contribution in [0.2, 0.25) is 0 Å². The SMILES string of the molecule is Cc1oc2ccc(O)c(CN3CCC[C@@H](C)C3)c2c1C(=O)NC1CCCC1. The van der Waals surface area contributed by atoms with Gasteiger partial charge in [-0.3, -0.25) is 9.69 Å². The van der Waals surface area contributed by atoms with E-state index in [1.165, 1.54) is 25.7 Å². The van der Waals surface area contributed by atoms with Crippen LogP contribution in [0.25, 0.3) is 11.0 Å². The van der Waals surface area contributed by atoms with E-state index in [1.807, 2.05) is 6.92 Å². The van der Waals surface area contributed by atoms with Gasteiger partial charge in [-0.25, -0.2) is 0 Å². The molecule has 5 heteroatoms. The molecule has 4 rings (SSSR count). The van der Waals surface area contributed by atoms with Gasteiger partial charge in [-0.2, -0.15) is 0 Å². The van der Waals surface area contributed by atoms with Gasteiger partial charge in [0.2, 0.25) is 0 Å². The Bertz CT molecular complexity index is 836. The normalized spacial score (nSPS) is 21.8. The van der Waals surface area contributed by atoms with Gasteiger partial charge in [0, 0.05) is 30.1 Å². The van der Waals surface area contributed by atoms with Crippen molar-refractivity contribution in [2.24, 2.45) is 5.92 Å². The van der Waals surface area contributed by atoms with Crippen LogP contribution in [0, 0.1) is 12.8 Å². The molecule has 1 atom stereocenters. The zero-order chi connectivity index (χ0) is 19.0. The highest BCUT2D eigenvalue weighted by Crippen LogP contribution is 2.35. The van der Waals surface area contributed by atoms with E-state index in [0.29, 0.717) is 29.4 Å². The molecule has 2 heterocycles. The van der Waals surface area contributed by atoms with Gasteiger partial charge in [0.1, 0.15) is 17.1 Å². The molecule has 5 nitrogen and oxygen atoms in total. The van der Waals surface area contributed by atoms with Gasteiger partial charge in [0.05, 0.1) is 5.56 Å². The van der Waals surface area contributed by atoms with Crippen LogP contribution in [-0.2, 0) is 6.54 Å². The molecule has 2 fully saturated rings. The van der Waals surface area contributed by atoms with Crippen LogP contribution in [0.5, 0.6) is 5.75 Å². The van der Waals surface area contributed by atoms with Crippen LogP contribution >= 0.6 is 0 Å². The number of aromatic hydroxyl groups is 1. The van der Waals surface area contributed by atoms with E-state index < -0.39 is 0 Å². The average molecular weight is 370 g/mol. The Morgan fingerprint density at radius 3 is 2.78 bits per heavy atom. The maximum absolute atomic E-state index is 13.0. The summed E-state index contributed by atoms with van der Waals surface area (Å²) in [4.78, 5) is 15.4. The fourth-order valence-corrected chi connectivity index (χ4v) is 4.78. The van der Waals surface area contributed by atoms with Gasteiger partial charge >= 0.3 is 0 Å². The molecule has 1 aliphatic carbocycles. The maximum Gasteiger partial charge on any atom is 0.255 e. The minimum absolute atomic E-state index is 0.0722. The first kappa shape index (κ1) is 18.4. The number of benzene rings is 1. The standard InChI is InChI=1S/C22H30N2O3/c1-14-6-5-11-24(12-14)13-17-18(25)9-10-19-21(17)20(15(2)27-19)22(26)23-16-7-3-4-8-16/h9-10,14,16,25H,3-8,11-13H2,1-2H3,(H,23,26)/t14-/m1/s1. The number of piperidine rings is 1. The fraction of sp³-hybridized carbons (Fsp3) is 0.591. The van der Waals surface area contributed by atoms with Gasteiger partial charge < -0.3 is 14.8 Å². The number of carbonyl (C=O) groups excluding carboxylic acids is 1. The minimum Gasteiger partial charge on any atom is -0.508 e. The smallest absolute Gasteiger partial charge is 0.255 e. The van der Waals surface area contributed by atoms with Gasteiger partial charge in [0.15, 0.2) is 0 Å². The summed E-state index contributed by atoms with van der Waals surface area (Å²) in [6.07, 6.45) is 6.88. The summed E-state index contributed by atoms with van der Waals surface area (Å²) in [5.41, 5.74) is 2.09. The number of rotatable bonds is 4. The van der Waals surface area contributed by atoms with Gasteiger partial charge in [-0.15, -0.1) is 0 Å². The van der Waals surface area contributed by atoms with Crippen LogP contribution < -0.4 is 5.32 Å². The van der Waals surface area contributed by atoms with Crippen molar-refractivity contribution in [1.29, 1.82) is 0 Å². The highest BCUT2D eigenvalue weighted by molar-refractivity contribution is 6.09. The first-order valence-electron chi connectivity index (χ1n) is 10.3. The largest absolute Gasteiger partial charge is 0.508 e. The predicted octanol–water partition coefficient (Wildman–Crippen LogP) is 4.35. The van der Waals surface area contributed by atoms with Crippen molar-refractivity contribution in [3.8, 4) is 5.75 Å². The lowest BCUT2D eigenvalue weighted by molar-refractivity contribution is 0.0937. The van der Waals surface area contributed by atoms with Crippen molar-refractivity contribution >= 4 is 16.9 Å². The van der Waals surface area contributed by atoms with Crippen molar-refractivity contribution in [3.05, 3.63) is 29.0 Å². The van der Waals surface area contributed by atoms with Crippen LogP contribution in [0.1, 0.15) is 67.1 Å². The van der Waals surface area contributed by atoms with Crippen LogP contribution in [0.4, 0.5) is 0 Å². The third-order valence-electron chi connectivity index (χ3n) is 6.16. The topological polar surface area (TPSA) is 65.7 Å². The number of carbonyl (C=O) groups is 1. The number of fused-ring (bicyclic) bond motifs is 1. The summed E-state index contributed by atoms with van der Waals surface area (Å²) < 4.78 is 5.90. The first-order chi connectivity index (χ1) is 13.0. The molecule has 2 aromatic rings. The number of amides is 1. The van der Waals surface area contributed by atoms with Crippen molar-refractivity contribution < 1.29 is 14.3 Å². The second kappa shape index (κ2) is 7.55. The Labute approximate surface area is 160 Å². The van der Waals surface area contributed by atoms with Crippen LogP contribution in [-0.4, -0.2) is 35.0 Å². The van der Waals surface area contributed by atoms with Crippen molar-refractivity contribution in [2.75, 3.05) is 13.1 Å². The van der Waals surface area contributed by atoms with Crippen molar-refractivity contribution in [1.82, 2.24) is 10.2 Å². The zero-order valence-electron chi connectivity index (χ0n) is 16.4. The number of hydrogen-bond acceptors (Lipinski definition) is 4. The third kappa shape index (κ3) is 3.70. The molecule has 0 unspecified atom stereocenters. The number of hydrogen-bond donors (Lipinski definition) is 2. The summed E-state index contributed by atoms with van der Waals surface area (Å²) in [5.74, 6) is 1.46. The number of furan rings is 1. The maximum atomic E-state index is 13.0. The van der Waals surface area contributed by atoms with E-state index in [2.05, 4.69) is 17.1 Å². The van der Waals surface area contributed by atoms with E-state index in [-0.39, 0.29) is 17.7 Å². The quantitative estimate of drug-likeness (QED) is 0.840. The van der Waals surface area contributed by atoms with Crippen molar-refractivity contribution in [2.45, 2.75) is 65.0 Å². The lowest BCUT2D eigenvalue weighted by Gasteiger charge is -2.31. The second-order valence-electron chi connectivity index (χ2n) is 8.41. The molecular formula is C22H30N2O3. The molecule has 27 heavy (non-hydrogen) atoms. The van der Waals surface area contributed by atoms with E-state index in [4.69, 9.17) is 4.42 Å². The highest BCUT2D eigenvalue weighted by Gasteiger charge is 2.27. The molecule has 1 aromatic heterocycles. The monoisotopic (exact) mass is 370 g/mol. The predicted molar refractivity (Wildman–Crippen MR) is 106 cm³/mol. The molecule has 1 aliphatic heterocycles. The highest BCUT2D eigenvalue weighted by atomic mass is 16.3. The molecule has 2 N–H and O–H groups in total. The summed E-state index contributed by atoms with van der Waals surface area (Å²) in [7, 11) is 0. The Morgan fingerprint density at radius 1 is 1.26 bits per heavy atom. The third-order valence-corrected chi connectivity index (χ3v) is 6.16. The Hall–Kier alpha value is -2.01. The number of phenolic OH excluding ortho intramolecular Hbond substituents is 1. The summed E-state index contributed by atoms with van der Waals surface area (Å²) in [6, 6.07) is 3.71. The molecule has 1 saturated carbocycles. The summed E-state index contributed by atoms with van der Waals surface area (Å²) in [6.45, 7) is 6.81. The van der Waals surface area contributed by atoms with E-state index >= 15 is 0 Å². The van der Waals surface area contributed by atoms with Gasteiger partial charge in [0.25, 0.3) is 5.91 Å². The van der Waals surface area contributed by atoms with Crippen molar-refractivity contribution in [3.63, 3.8) is 0 Å². The molecule has 0 spiro atoms. The summed E-state index contributed by atoms with van der Waals surface area (Å²) in [5, 5.41) is 14.6. The van der Waals surface area contributed by atoms with Gasteiger partial charge in [-0.05, 0) is 57.2 Å². The number of nitrogens with zero attached hydrogens (tertiary/aromatic N) is 1.